The zero-order valence-electron chi connectivity index (χ0n) is 27.5. The Kier molecular flexibility index (Phi) is 10.1. The van der Waals surface area contributed by atoms with Crippen LogP contribution in [0.5, 0.6) is 17.2 Å². The Balaban J connectivity index is 1.33. The van der Waals surface area contributed by atoms with Crippen molar-refractivity contribution in [1.29, 1.82) is 0 Å². The molecule has 0 aliphatic heterocycles. The number of nitro groups is 3. The maximum absolute atomic E-state index is 11.3. The van der Waals surface area contributed by atoms with E-state index in [2.05, 4.69) is 24.9 Å². The maximum Gasteiger partial charge on any atom is 0.270 e. The second-order valence-electron chi connectivity index (χ2n) is 11.3. The topological polar surface area (TPSA) is 253 Å². The first-order valence-corrected chi connectivity index (χ1v) is 15.6. The number of rotatable bonds is 11. The van der Waals surface area contributed by atoms with Crippen LogP contribution in [0.3, 0.4) is 0 Å². The molecule has 266 valence electrons. The lowest BCUT2D eigenvalue weighted by molar-refractivity contribution is -0.385. The van der Waals surface area contributed by atoms with Crippen LogP contribution < -0.4 is 0 Å². The van der Waals surface area contributed by atoms with E-state index in [0.717, 1.165) is 12.1 Å². The first-order chi connectivity index (χ1) is 25.9. The van der Waals surface area contributed by atoms with E-state index in [4.69, 9.17) is 0 Å². The summed E-state index contributed by atoms with van der Waals surface area (Å²) in [5.74, 6) is -0.644. The van der Waals surface area contributed by atoms with E-state index in [0.29, 0.717) is 33.9 Å². The van der Waals surface area contributed by atoms with Crippen molar-refractivity contribution < 1.29 is 30.1 Å². The summed E-state index contributed by atoms with van der Waals surface area (Å²) >= 11 is 0. The number of hydrogen-bond donors (Lipinski definition) is 3. The molecule has 0 radical (unpaired) electrons. The molecule has 6 rings (SSSR count). The minimum atomic E-state index is -0.605. The number of phenols is 3. The predicted molar refractivity (Wildman–Crippen MR) is 199 cm³/mol. The molecule has 3 N–H and O–H groups in total. The van der Waals surface area contributed by atoms with E-state index in [-0.39, 0.29) is 56.9 Å². The Bertz CT molecular complexity index is 2380. The van der Waals surface area contributed by atoms with E-state index in [1.807, 2.05) is 0 Å². The molecule has 0 fully saturated rings. The highest BCUT2D eigenvalue weighted by Gasteiger charge is 2.13. The Morgan fingerprint density at radius 1 is 0.463 bits per heavy atom. The molecular formula is C37H24N8O9. The van der Waals surface area contributed by atoms with Gasteiger partial charge in [-0.15, -0.1) is 0 Å². The van der Waals surface area contributed by atoms with Gasteiger partial charge in [0.05, 0.1) is 37.5 Å². The lowest BCUT2D eigenvalue weighted by atomic mass is 10.1. The molecule has 0 aliphatic carbocycles. The summed E-state index contributed by atoms with van der Waals surface area (Å²) in [4.78, 5) is 53.8. The standard InChI is InChI=1S/C37H24N8O9/c46-34-12-9-29(43(49)50)15-24(34)19-38-27-5-1-22(2-6-27)32-18-33(42-37(41-32)40-21-26-17-31(45(53)54)11-14-36(26)48)23-3-7-28(8-4-23)39-20-25-16-30(44(51)52)10-13-35(25)47/h1-21,46-48H/b38-19?,39-20?,40-21+. The van der Waals surface area contributed by atoms with Crippen molar-refractivity contribution in [3.63, 3.8) is 0 Å². The van der Waals surface area contributed by atoms with Crippen LogP contribution >= 0.6 is 0 Å². The van der Waals surface area contributed by atoms with Crippen molar-refractivity contribution in [2.45, 2.75) is 0 Å². The molecule has 0 unspecified atom stereocenters. The summed E-state index contributed by atoms with van der Waals surface area (Å²) in [6.45, 7) is 0. The summed E-state index contributed by atoms with van der Waals surface area (Å²) in [5, 5.41) is 64.1. The number of nitro benzene ring substituents is 3. The van der Waals surface area contributed by atoms with Crippen molar-refractivity contribution in [2.75, 3.05) is 0 Å². The monoisotopic (exact) mass is 724 g/mol. The lowest BCUT2D eigenvalue weighted by Crippen LogP contribution is -1.93. The Morgan fingerprint density at radius 2 is 0.796 bits per heavy atom. The zero-order chi connectivity index (χ0) is 38.4. The van der Waals surface area contributed by atoms with E-state index in [9.17, 15) is 45.7 Å². The Morgan fingerprint density at radius 3 is 1.13 bits per heavy atom. The van der Waals surface area contributed by atoms with Gasteiger partial charge in [0.1, 0.15) is 17.2 Å². The second-order valence-corrected chi connectivity index (χ2v) is 11.3. The van der Waals surface area contributed by atoms with Crippen LogP contribution in [-0.4, -0.2) is 58.7 Å². The maximum atomic E-state index is 11.3. The number of phenolic OH excluding ortho intramolecular Hbond substituents is 3. The van der Waals surface area contributed by atoms with E-state index in [1.54, 1.807) is 54.6 Å². The Labute approximate surface area is 303 Å². The highest BCUT2D eigenvalue weighted by atomic mass is 16.6. The lowest BCUT2D eigenvalue weighted by Gasteiger charge is -2.08. The molecule has 0 bridgehead atoms. The third kappa shape index (κ3) is 8.38. The molecule has 0 saturated heterocycles. The van der Waals surface area contributed by atoms with Crippen LogP contribution in [0.4, 0.5) is 34.4 Å². The zero-order valence-corrected chi connectivity index (χ0v) is 27.5. The van der Waals surface area contributed by atoms with Gasteiger partial charge in [-0.05, 0) is 48.5 Å². The van der Waals surface area contributed by atoms with Crippen LogP contribution in [0.25, 0.3) is 22.5 Å². The molecule has 17 heteroatoms. The van der Waals surface area contributed by atoms with Gasteiger partial charge in [0.25, 0.3) is 17.1 Å². The molecular weight excluding hydrogens is 700 g/mol. The third-order valence-electron chi connectivity index (χ3n) is 7.73. The van der Waals surface area contributed by atoms with Crippen molar-refractivity contribution >= 4 is 53.0 Å². The van der Waals surface area contributed by atoms with Gasteiger partial charge in [0.2, 0.25) is 5.95 Å². The minimum Gasteiger partial charge on any atom is -0.507 e. The number of aromatic nitrogens is 2. The van der Waals surface area contributed by atoms with Crippen LogP contribution in [-0.2, 0) is 0 Å². The quantitative estimate of drug-likeness (QED) is 0.0657. The molecule has 0 aliphatic rings. The van der Waals surface area contributed by atoms with Gasteiger partial charge in [0, 0.05) is 82.9 Å². The van der Waals surface area contributed by atoms with Gasteiger partial charge in [-0.3, -0.25) is 40.3 Å². The smallest absolute Gasteiger partial charge is 0.270 e. The summed E-state index contributed by atoms with van der Waals surface area (Å²) in [7, 11) is 0. The largest absolute Gasteiger partial charge is 0.507 e. The molecule has 17 nitrogen and oxygen atoms in total. The summed E-state index contributed by atoms with van der Waals surface area (Å²) in [5.41, 5.74) is 2.72. The molecule has 5 aromatic carbocycles. The van der Waals surface area contributed by atoms with Crippen LogP contribution in [0.1, 0.15) is 16.7 Å². The van der Waals surface area contributed by atoms with Gasteiger partial charge >= 0.3 is 0 Å². The highest BCUT2D eigenvalue weighted by molar-refractivity contribution is 5.88. The van der Waals surface area contributed by atoms with Crippen molar-refractivity contribution in [2.24, 2.45) is 15.0 Å². The van der Waals surface area contributed by atoms with E-state index < -0.39 is 14.8 Å². The van der Waals surface area contributed by atoms with Gasteiger partial charge in [-0.2, -0.15) is 0 Å². The molecule has 0 atom stereocenters. The van der Waals surface area contributed by atoms with Crippen molar-refractivity contribution in [1.82, 2.24) is 9.97 Å². The fraction of sp³-hybridized carbons (Fsp3) is 0. The number of aromatic hydroxyl groups is 3. The van der Waals surface area contributed by atoms with Gasteiger partial charge in [0.15, 0.2) is 0 Å². The number of hydrogen-bond acceptors (Lipinski definition) is 14. The fourth-order valence-corrected chi connectivity index (χ4v) is 4.92. The van der Waals surface area contributed by atoms with Crippen LogP contribution in [0.15, 0.2) is 124 Å². The average molecular weight is 725 g/mol. The van der Waals surface area contributed by atoms with E-state index in [1.165, 1.54) is 61.1 Å². The molecule has 6 aromatic rings. The van der Waals surface area contributed by atoms with Gasteiger partial charge < -0.3 is 15.3 Å². The fourth-order valence-electron chi connectivity index (χ4n) is 4.92. The number of non-ortho nitro benzene ring substituents is 3. The first-order valence-electron chi connectivity index (χ1n) is 15.6. The molecule has 0 amide bonds. The second kappa shape index (κ2) is 15.4. The third-order valence-corrected chi connectivity index (χ3v) is 7.73. The molecule has 1 heterocycles. The van der Waals surface area contributed by atoms with Crippen LogP contribution in [0.2, 0.25) is 0 Å². The first kappa shape index (κ1) is 35.6. The van der Waals surface area contributed by atoms with Gasteiger partial charge in [-0.1, -0.05) is 24.3 Å². The highest BCUT2D eigenvalue weighted by Crippen LogP contribution is 2.30. The predicted octanol–water partition coefficient (Wildman–Crippen LogP) is 7.90. The van der Waals surface area contributed by atoms with E-state index >= 15 is 0 Å². The minimum absolute atomic E-state index is 0.0418. The number of aliphatic imine (C=N–C) groups is 3. The molecule has 0 spiro atoms. The summed E-state index contributed by atoms with van der Waals surface area (Å²) in [6, 6.07) is 25.9. The summed E-state index contributed by atoms with van der Waals surface area (Å²) in [6.07, 6.45) is 3.81. The normalized spacial score (nSPS) is 11.4. The SMILES string of the molecule is O=[N+]([O-])c1ccc(O)c(C=Nc2ccc(-c3cc(-c4ccc(N=Cc5cc([N+](=O)[O-])ccc5O)cc4)nc(/N=C/c4cc([N+](=O)[O-])ccc4O)n3)cc2)c1. The van der Waals surface area contributed by atoms with Crippen molar-refractivity contribution in [3.8, 4) is 39.8 Å². The summed E-state index contributed by atoms with van der Waals surface area (Å²) < 4.78 is 0. The molecule has 0 saturated carbocycles. The van der Waals surface area contributed by atoms with Crippen LogP contribution in [0, 0.1) is 30.3 Å². The molecule has 1 aromatic heterocycles. The van der Waals surface area contributed by atoms with Gasteiger partial charge in [-0.25, -0.2) is 15.0 Å². The number of nitrogens with zero attached hydrogens (tertiary/aromatic N) is 8. The number of benzene rings is 5. The average Bonchev–Trinajstić information content (AvgIpc) is 3.17. The Hall–Kier alpha value is -8.21. The van der Waals surface area contributed by atoms with Crippen molar-refractivity contribution in [3.05, 3.63) is 156 Å². The molecule has 54 heavy (non-hydrogen) atoms.